The molecule has 1 atom stereocenters. The van der Waals surface area contributed by atoms with E-state index in [4.69, 9.17) is 22.0 Å². The van der Waals surface area contributed by atoms with Gasteiger partial charge in [0.15, 0.2) is 5.15 Å². The highest BCUT2D eigenvalue weighted by Gasteiger charge is 2.13. The largest absolute Gasteiger partial charge is 0.396 e. The second-order valence-corrected chi connectivity index (χ2v) is 3.98. The third kappa shape index (κ3) is 2.58. The first-order valence-electron chi connectivity index (χ1n) is 4.11. The number of aliphatic hydroxyl groups excluding tert-OH is 1. The Kier molecular flexibility index (Phi) is 4.14. The van der Waals surface area contributed by atoms with Gasteiger partial charge in [0.25, 0.3) is 0 Å². The van der Waals surface area contributed by atoms with E-state index in [1.807, 2.05) is 13.0 Å². The van der Waals surface area contributed by atoms with Gasteiger partial charge in [-0.05, 0) is 24.9 Å². The molecule has 0 fully saturated rings. The Hall–Kier alpha value is -0.830. The Bertz CT molecular complexity index is 347. The number of anilines is 1. The average molecular weight is 232 g/mol. The highest BCUT2D eigenvalue weighted by Crippen LogP contribution is 2.28. The normalized spacial score (nSPS) is 12.1. The third-order valence-electron chi connectivity index (χ3n) is 1.70. The van der Waals surface area contributed by atoms with E-state index >= 15 is 0 Å². The molecule has 0 saturated heterocycles. The summed E-state index contributed by atoms with van der Waals surface area (Å²) in [5.74, 6) is 0. The molecule has 0 saturated carbocycles. The van der Waals surface area contributed by atoms with Crippen molar-refractivity contribution >= 4 is 28.1 Å². The molecule has 0 amide bonds. The molecule has 0 spiro atoms. The summed E-state index contributed by atoms with van der Waals surface area (Å²) in [6.07, 6.45) is 0.625. The van der Waals surface area contributed by atoms with Crippen molar-refractivity contribution in [2.45, 2.75) is 19.4 Å². The van der Waals surface area contributed by atoms with E-state index in [0.717, 1.165) is 11.5 Å². The van der Waals surface area contributed by atoms with E-state index in [1.165, 1.54) is 0 Å². The topological polar surface area (TPSA) is 68.9 Å². The van der Waals surface area contributed by atoms with Crippen molar-refractivity contribution in [1.29, 1.82) is 5.26 Å². The minimum atomic E-state index is 0.101. The lowest BCUT2D eigenvalue weighted by Crippen LogP contribution is -2.16. The first kappa shape index (κ1) is 11.2. The zero-order valence-electron chi connectivity index (χ0n) is 7.62. The Morgan fingerprint density at radius 2 is 2.50 bits per heavy atom. The van der Waals surface area contributed by atoms with Gasteiger partial charge in [0.1, 0.15) is 16.6 Å². The molecule has 0 aliphatic heterocycles. The second kappa shape index (κ2) is 5.15. The van der Waals surface area contributed by atoms with E-state index in [-0.39, 0.29) is 17.8 Å². The molecule has 0 unspecified atom stereocenters. The molecule has 2 N–H and O–H groups in total. The predicted molar refractivity (Wildman–Crippen MR) is 56.6 cm³/mol. The van der Waals surface area contributed by atoms with E-state index < -0.39 is 0 Å². The number of rotatable bonds is 4. The van der Waals surface area contributed by atoms with Gasteiger partial charge in [-0.2, -0.15) is 9.64 Å². The van der Waals surface area contributed by atoms with E-state index in [0.29, 0.717) is 17.0 Å². The van der Waals surface area contributed by atoms with E-state index in [1.54, 1.807) is 0 Å². The van der Waals surface area contributed by atoms with Crippen LogP contribution in [0, 0.1) is 11.3 Å². The average Bonchev–Trinajstić information content (AvgIpc) is 2.47. The van der Waals surface area contributed by atoms with Crippen LogP contribution < -0.4 is 5.32 Å². The lowest BCUT2D eigenvalue weighted by molar-refractivity contribution is 0.282. The molecule has 1 aromatic heterocycles. The fraction of sp³-hybridized carbons (Fsp3) is 0.500. The van der Waals surface area contributed by atoms with Gasteiger partial charge in [0.05, 0.1) is 0 Å². The first-order chi connectivity index (χ1) is 6.69. The molecule has 0 aromatic carbocycles. The van der Waals surface area contributed by atoms with Gasteiger partial charge in [0.2, 0.25) is 0 Å². The minimum absolute atomic E-state index is 0.101. The van der Waals surface area contributed by atoms with E-state index in [2.05, 4.69) is 9.69 Å². The summed E-state index contributed by atoms with van der Waals surface area (Å²) in [4.78, 5) is 0. The molecule has 76 valence electrons. The number of hydrogen-bond acceptors (Lipinski definition) is 5. The van der Waals surface area contributed by atoms with Gasteiger partial charge in [-0.1, -0.05) is 11.6 Å². The lowest BCUT2D eigenvalue weighted by Gasteiger charge is -2.11. The second-order valence-electron chi connectivity index (χ2n) is 2.85. The Morgan fingerprint density at radius 3 is 3.07 bits per heavy atom. The molecule has 1 heterocycles. The van der Waals surface area contributed by atoms with Crippen LogP contribution in [0.4, 0.5) is 5.00 Å². The molecule has 6 heteroatoms. The van der Waals surface area contributed by atoms with Crippen LogP contribution in [-0.2, 0) is 0 Å². The van der Waals surface area contributed by atoms with Gasteiger partial charge in [0, 0.05) is 12.6 Å². The van der Waals surface area contributed by atoms with Crippen LogP contribution in [0.1, 0.15) is 18.9 Å². The molecule has 0 bridgehead atoms. The number of hydrogen-bond donors (Lipinski definition) is 2. The SMILES string of the molecule is C[C@@H](CCO)Nc1snc(Cl)c1C#N. The molecule has 1 rings (SSSR count). The quantitative estimate of drug-likeness (QED) is 0.830. The molecule has 14 heavy (non-hydrogen) atoms. The maximum Gasteiger partial charge on any atom is 0.162 e. The van der Waals surface area contributed by atoms with Crippen LogP contribution in [0.3, 0.4) is 0 Å². The van der Waals surface area contributed by atoms with Crippen molar-refractivity contribution in [3.63, 3.8) is 0 Å². The van der Waals surface area contributed by atoms with Gasteiger partial charge in [-0.3, -0.25) is 0 Å². The molecule has 0 aliphatic carbocycles. The fourth-order valence-electron chi connectivity index (χ4n) is 0.956. The summed E-state index contributed by atoms with van der Waals surface area (Å²) in [5, 5.41) is 21.4. The number of aromatic nitrogens is 1. The number of nitrogens with zero attached hydrogens (tertiary/aromatic N) is 2. The number of aliphatic hydroxyl groups is 1. The summed E-state index contributed by atoms with van der Waals surface area (Å²) < 4.78 is 3.86. The van der Waals surface area contributed by atoms with Crippen LogP contribution in [0.5, 0.6) is 0 Å². The Morgan fingerprint density at radius 1 is 1.79 bits per heavy atom. The zero-order chi connectivity index (χ0) is 10.6. The third-order valence-corrected chi connectivity index (χ3v) is 2.85. The first-order valence-corrected chi connectivity index (χ1v) is 5.26. The highest BCUT2D eigenvalue weighted by molar-refractivity contribution is 7.10. The maximum atomic E-state index is 8.77. The summed E-state index contributed by atoms with van der Waals surface area (Å²) in [6, 6.07) is 2.08. The lowest BCUT2D eigenvalue weighted by atomic mass is 10.2. The van der Waals surface area contributed by atoms with Crippen LogP contribution in [-0.4, -0.2) is 22.1 Å². The summed E-state index contributed by atoms with van der Waals surface area (Å²) >= 11 is 6.85. The van der Waals surface area contributed by atoms with Gasteiger partial charge < -0.3 is 10.4 Å². The smallest absolute Gasteiger partial charge is 0.162 e. The van der Waals surface area contributed by atoms with Crippen molar-refractivity contribution in [3.05, 3.63) is 10.7 Å². The minimum Gasteiger partial charge on any atom is -0.396 e. The van der Waals surface area contributed by atoms with Gasteiger partial charge >= 0.3 is 0 Å². The van der Waals surface area contributed by atoms with Crippen molar-refractivity contribution < 1.29 is 5.11 Å². The Labute approximate surface area is 91.3 Å². The van der Waals surface area contributed by atoms with Crippen molar-refractivity contribution in [1.82, 2.24) is 4.37 Å². The van der Waals surface area contributed by atoms with Crippen LogP contribution in [0.25, 0.3) is 0 Å². The van der Waals surface area contributed by atoms with E-state index in [9.17, 15) is 0 Å². The summed E-state index contributed by atoms with van der Waals surface area (Å²) in [7, 11) is 0. The maximum absolute atomic E-state index is 8.77. The fourth-order valence-corrected chi connectivity index (χ4v) is 2.00. The highest BCUT2D eigenvalue weighted by atomic mass is 35.5. The molecular formula is C8H10ClN3OS. The van der Waals surface area contributed by atoms with Crippen molar-refractivity contribution in [2.24, 2.45) is 0 Å². The zero-order valence-corrected chi connectivity index (χ0v) is 9.19. The van der Waals surface area contributed by atoms with Crippen molar-refractivity contribution in [2.75, 3.05) is 11.9 Å². The molecule has 0 aliphatic rings. The number of nitrogens with one attached hydrogen (secondary N) is 1. The monoisotopic (exact) mass is 231 g/mol. The number of nitriles is 1. The molecular weight excluding hydrogens is 222 g/mol. The predicted octanol–water partition coefficient (Wildman–Crippen LogP) is 1.85. The van der Waals surface area contributed by atoms with Crippen LogP contribution in [0.2, 0.25) is 5.15 Å². The van der Waals surface area contributed by atoms with Crippen LogP contribution in [0.15, 0.2) is 0 Å². The molecule has 4 nitrogen and oxygen atoms in total. The number of halogens is 1. The molecule has 0 radical (unpaired) electrons. The standard InChI is InChI=1S/C8H10ClN3OS/c1-5(2-3-13)11-8-6(4-10)7(9)12-14-8/h5,11,13H,2-3H2,1H3/t5-/m0/s1. The van der Waals surface area contributed by atoms with Crippen LogP contribution >= 0.6 is 23.1 Å². The Balaban J connectivity index is 2.72. The van der Waals surface area contributed by atoms with Gasteiger partial charge in [-0.15, -0.1) is 0 Å². The molecule has 1 aromatic rings. The van der Waals surface area contributed by atoms with Gasteiger partial charge in [-0.25, -0.2) is 0 Å². The summed E-state index contributed by atoms with van der Waals surface area (Å²) in [5.41, 5.74) is 0.376. The van der Waals surface area contributed by atoms with Crippen molar-refractivity contribution in [3.8, 4) is 6.07 Å². The summed E-state index contributed by atoms with van der Waals surface area (Å²) in [6.45, 7) is 2.04.